The average Bonchev–Trinajstić information content (AvgIpc) is 2.23. The van der Waals surface area contributed by atoms with Gasteiger partial charge in [-0.05, 0) is 13.8 Å². The number of carbonyl (C=O) groups is 1. The molecule has 0 heterocycles. The van der Waals surface area contributed by atoms with Crippen molar-refractivity contribution in [3.05, 3.63) is 12.2 Å². The van der Waals surface area contributed by atoms with E-state index in [4.69, 9.17) is 9.47 Å². The summed E-state index contributed by atoms with van der Waals surface area (Å²) >= 11 is 0. The number of hydrogen-bond donors (Lipinski definition) is 0. The number of rotatable bonds is 8. The zero-order chi connectivity index (χ0) is 12.4. The van der Waals surface area contributed by atoms with Crippen LogP contribution in [0.3, 0.4) is 0 Å². The van der Waals surface area contributed by atoms with E-state index in [9.17, 15) is 9.59 Å². The molecule has 0 saturated heterocycles. The molecule has 1 atom stereocenters. The first kappa shape index (κ1) is 14.6. The van der Waals surface area contributed by atoms with Gasteiger partial charge in [0.15, 0.2) is 0 Å². The maximum Gasteiger partial charge on any atom is 0.333 e. The van der Waals surface area contributed by atoms with E-state index in [1.807, 2.05) is 0 Å². The highest BCUT2D eigenvalue weighted by Gasteiger charge is 2.02. The van der Waals surface area contributed by atoms with E-state index in [0.29, 0.717) is 31.8 Å². The van der Waals surface area contributed by atoms with Crippen LogP contribution in [0.1, 0.15) is 20.3 Å². The van der Waals surface area contributed by atoms with Crippen molar-refractivity contribution >= 4 is 12.0 Å². The second-order valence-electron chi connectivity index (χ2n) is 3.41. The van der Waals surface area contributed by atoms with Crippen LogP contribution in [0.4, 0.5) is 0 Å². The molecule has 16 heavy (non-hydrogen) atoms. The van der Waals surface area contributed by atoms with Crippen LogP contribution in [0.25, 0.3) is 0 Å². The van der Waals surface area contributed by atoms with Gasteiger partial charge in [-0.1, -0.05) is 6.58 Å². The van der Waals surface area contributed by atoms with Gasteiger partial charge in [0.25, 0.3) is 0 Å². The molecule has 0 fully saturated rings. The largest absolute Gasteiger partial charge is 0.462 e. The van der Waals surface area contributed by atoms with Crippen molar-refractivity contribution in [2.75, 3.05) is 19.8 Å². The molecule has 0 aliphatic rings. The molecule has 0 amide bonds. The van der Waals surface area contributed by atoms with Crippen LogP contribution in [-0.2, 0) is 19.1 Å². The standard InChI is InChI=1S/C11H17NO4/c1-9(2)11(14)16-6-4-5-15-7-10(3)12-8-13/h10H,1,4-7H2,2-3H3. The Morgan fingerprint density at radius 3 is 2.75 bits per heavy atom. The Bertz CT molecular complexity index is 282. The second kappa shape index (κ2) is 8.83. The number of esters is 1. The lowest BCUT2D eigenvalue weighted by Crippen LogP contribution is -2.12. The second-order valence-corrected chi connectivity index (χ2v) is 3.41. The molecule has 0 aromatic heterocycles. The molecular formula is C11H17NO4. The van der Waals surface area contributed by atoms with Gasteiger partial charge in [0.05, 0.1) is 19.3 Å². The molecule has 0 aliphatic carbocycles. The van der Waals surface area contributed by atoms with Gasteiger partial charge in [0, 0.05) is 18.6 Å². The molecule has 0 bridgehead atoms. The minimum atomic E-state index is -0.390. The number of isocyanates is 1. The Morgan fingerprint density at radius 2 is 2.19 bits per heavy atom. The van der Waals surface area contributed by atoms with Gasteiger partial charge in [-0.2, -0.15) is 0 Å². The lowest BCUT2D eigenvalue weighted by Gasteiger charge is -2.06. The van der Waals surface area contributed by atoms with E-state index in [0.717, 1.165) is 0 Å². The van der Waals surface area contributed by atoms with Crippen molar-refractivity contribution in [2.45, 2.75) is 26.3 Å². The quantitative estimate of drug-likeness (QED) is 0.206. The summed E-state index contributed by atoms with van der Waals surface area (Å²) in [4.78, 5) is 24.3. The van der Waals surface area contributed by atoms with Crippen LogP contribution < -0.4 is 0 Å². The lowest BCUT2D eigenvalue weighted by atomic mass is 10.3. The fourth-order valence-electron chi connectivity index (χ4n) is 0.830. The molecule has 0 saturated carbocycles. The number of aliphatic imine (C=N–C) groups is 1. The smallest absolute Gasteiger partial charge is 0.333 e. The van der Waals surface area contributed by atoms with E-state index >= 15 is 0 Å². The van der Waals surface area contributed by atoms with Gasteiger partial charge < -0.3 is 9.47 Å². The van der Waals surface area contributed by atoms with Gasteiger partial charge in [-0.15, -0.1) is 0 Å². The summed E-state index contributed by atoms with van der Waals surface area (Å²) in [6.07, 6.45) is 2.07. The van der Waals surface area contributed by atoms with Crippen molar-refractivity contribution in [1.29, 1.82) is 0 Å². The zero-order valence-electron chi connectivity index (χ0n) is 9.69. The van der Waals surface area contributed by atoms with Crippen LogP contribution in [0, 0.1) is 0 Å². The molecule has 0 spiro atoms. The third-order valence-corrected chi connectivity index (χ3v) is 1.65. The molecule has 0 rings (SSSR count). The van der Waals surface area contributed by atoms with Gasteiger partial charge in [-0.25, -0.2) is 14.6 Å². The van der Waals surface area contributed by atoms with Gasteiger partial charge in [0.1, 0.15) is 0 Å². The topological polar surface area (TPSA) is 65.0 Å². The third-order valence-electron chi connectivity index (χ3n) is 1.65. The van der Waals surface area contributed by atoms with Crippen LogP contribution in [0.2, 0.25) is 0 Å². The average molecular weight is 227 g/mol. The molecule has 0 aromatic rings. The predicted octanol–water partition coefficient (Wildman–Crippen LogP) is 1.24. The predicted molar refractivity (Wildman–Crippen MR) is 58.8 cm³/mol. The van der Waals surface area contributed by atoms with Gasteiger partial charge in [0.2, 0.25) is 6.08 Å². The monoisotopic (exact) mass is 227 g/mol. The first-order valence-corrected chi connectivity index (χ1v) is 5.05. The number of nitrogens with zero attached hydrogens (tertiary/aromatic N) is 1. The third kappa shape index (κ3) is 7.91. The number of ether oxygens (including phenoxy) is 2. The van der Waals surface area contributed by atoms with Crippen LogP contribution in [0.15, 0.2) is 17.1 Å². The number of carbonyl (C=O) groups excluding carboxylic acids is 2. The van der Waals surface area contributed by atoms with Crippen LogP contribution >= 0.6 is 0 Å². The van der Waals surface area contributed by atoms with Crippen molar-refractivity contribution in [2.24, 2.45) is 4.99 Å². The molecule has 0 radical (unpaired) electrons. The molecular weight excluding hydrogens is 210 g/mol. The van der Waals surface area contributed by atoms with E-state index < -0.39 is 0 Å². The normalized spacial score (nSPS) is 11.4. The van der Waals surface area contributed by atoms with Crippen molar-refractivity contribution in [3.8, 4) is 0 Å². The zero-order valence-corrected chi connectivity index (χ0v) is 9.69. The van der Waals surface area contributed by atoms with Crippen molar-refractivity contribution in [3.63, 3.8) is 0 Å². The Hall–Kier alpha value is -1.45. The van der Waals surface area contributed by atoms with E-state index in [2.05, 4.69) is 11.6 Å². The minimum Gasteiger partial charge on any atom is -0.462 e. The molecule has 5 nitrogen and oxygen atoms in total. The first-order chi connectivity index (χ1) is 7.57. The Labute approximate surface area is 95.1 Å². The summed E-state index contributed by atoms with van der Waals surface area (Å²) in [5.41, 5.74) is 0.384. The van der Waals surface area contributed by atoms with Gasteiger partial charge >= 0.3 is 5.97 Å². The fourth-order valence-corrected chi connectivity index (χ4v) is 0.830. The van der Waals surface area contributed by atoms with E-state index in [1.54, 1.807) is 13.8 Å². The van der Waals surface area contributed by atoms with Crippen LogP contribution in [0.5, 0.6) is 0 Å². The molecule has 5 heteroatoms. The molecule has 0 aliphatic heterocycles. The molecule has 90 valence electrons. The Morgan fingerprint density at radius 1 is 1.50 bits per heavy atom. The van der Waals surface area contributed by atoms with Crippen molar-refractivity contribution in [1.82, 2.24) is 0 Å². The van der Waals surface area contributed by atoms with E-state index in [1.165, 1.54) is 6.08 Å². The van der Waals surface area contributed by atoms with Gasteiger partial charge in [-0.3, -0.25) is 0 Å². The Kier molecular flexibility index (Phi) is 8.03. The maximum atomic E-state index is 10.9. The fraction of sp³-hybridized carbons (Fsp3) is 0.636. The summed E-state index contributed by atoms with van der Waals surface area (Å²) in [6, 6.07) is -0.185. The summed E-state index contributed by atoms with van der Waals surface area (Å²) in [5, 5.41) is 0. The lowest BCUT2D eigenvalue weighted by molar-refractivity contribution is -0.139. The molecule has 0 aromatic carbocycles. The Balaban J connectivity index is 3.37. The summed E-state index contributed by atoms with van der Waals surface area (Å²) < 4.78 is 10.1. The van der Waals surface area contributed by atoms with Crippen molar-refractivity contribution < 1.29 is 19.1 Å². The molecule has 0 N–H and O–H groups in total. The highest BCUT2D eigenvalue weighted by atomic mass is 16.5. The summed E-state index contributed by atoms with van der Waals surface area (Å²) in [7, 11) is 0. The highest BCUT2D eigenvalue weighted by Crippen LogP contribution is 1.95. The maximum absolute atomic E-state index is 10.9. The highest BCUT2D eigenvalue weighted by molar-refractivity contribution is 5.86. The van der Waals surface area contributed by atoms with Crippen LogP contribution in [-0.4, -0.2) is 37.9 Å². The minimum absolute atomic E-state index is 0.185. The summed E-state index contributed by atoms with van der Waals surface area (Å²) in [5.74, 6) is -0.390. The summed E-state index contributed by atoms with van der Waals surface area (Å²) in [6.45, 7) is 7.94. The number of hydrogen-bond acceptors (Lipinski definition) is 5. The first-order valence-electron chi connectivity index (χ1n) is 5.05. The SMILES string of the molecule is C=C(C)C(=O)OCCCOCC(C)N=C=O. The van der Waals surface area contributed by atoms with E-state index in [-0.39, 0.29) is 12.0 Å². The molecule has 1 unspecified atom stereocenters.